The van der Waals surface area contributed by atoms with E-state index in [0.717, 1.165) is 18.4 Å². The van der Waals surface area contributed by atoms with Crippen LogP contribution >= 0.6 is 24.0 Å². The predicted octanol–water partition coefficient (Wildman–Crippen LogP) is 3.08. The van der Waals surface area contributed by atoms with Gasteiger partial charge in [-0.05, 0) is 43.5 Å². The monoisotopic (exact) mass is 334 g/mol. The van der Waals surface area contributed by atoms with Crippen molar-refractivity contribution in [2.75, 3.05) is 13.2 Å². The molecule has 0 spiro atoms. The lowest BCUT2D eigenvalue weighted by molar-refractivity contribution is -0.125. The summed E-state index contributed by atoms with van der Waals surface area (Å²) in [6.45, 7) is 6.32. The Balaban J connectivity index is 0.00000400. The zero-order chi connectivity index (χ0) is 15.2. The van der Waals surface area contributed by atoms with Gasteiger partial charge in [-0.2, -0.15) is 0 Å². The minimum absolute atomic E-state index is 0. The highest BCUT2D eigenvalue weighted by Crippen LogP contribution is 2.21. The van der Waals surface area contributed by atoms with E-state index in [1.807, 2.05) is 20.8 Å². The van der Waals surface area contributed by atoms with Gasteiger partial charge in [0, 0.05) is 11.6 Å². The Labute approximate surface area is 137 Å². The summed E-state index contributed by atoms with van der Waals surface area (Å²) in [4.78, 5) is 12.0. The van der Waals surface area contributed by atoms with E-state index >= 15 is 0 Å². The quantitative estimate of drug-likeness (QED) is 0.805. The normalized spacial score (nSPS) is 10.7. The lowest BCUT2D eigenvalue weighted by Crippen LogP contribution is -2.54. The summed E-state index contributed by atoms with van der Waals surface area (Å²) in [6, 6.07) is 5.31. The zero-order valence-corrected chi connectivity index (χ0v) is 14.3. The molecule has 21 heavy (non-hydrogen) atoms. The van der Waals surface area contributed by atoms with Gasteiger partial charge < -0.3 is 15.8 Å². The van der Waals surface area contributed by atoms with Gasteiger partial charge in [0.15, 0.2) is 6.61 Å². The molecule has 6 heteroatoms. The van der Waals surface area contributed by atoms with Gasteiger partial charge in [-0.1, -0.05) is 25.4 Å². The second kappa shape index (κ2) is 9.13. The number of halogens is 2. The number of benzene rings is 1. The average Bonchev–Trinajstić information content (AvgIpc) is 2.44. The molecule has 1 aromatic carbocycles. The molecular formula is C15H24Cl2N2O2. The third kappa shape index (κ3) is 5.73. The van der Waals surface area contributed by atoms with Gasteiger partial charge in [-0.15, -0.1) is 12.4 Å². The first-order chi connectivity index (χ1) is 9.46. The Kier molecular flexibility index (Phi) is 8.71. The molecular weight excluding hydrogens is 311 g/mol. The number of nitrogens with one attached hydrogen (secondary N) is 1. The Morgan fingerprint density at radius 2 is 2.00 bits per heavy atom. The number of hydrogen-bond acceptors (Lipinski definition) is 3. The van der Waals surface area contributed by atoms with Crippen molar-refractivity contribution in [2.24, 2.45) is 5.73 Å². The minimum Gasteiger partial charge on any atom is -0.484 e. The Morgan fingerprint density at radius 3 is 2.48 bits per heavy atom. The first-order valence-electron chi connectivity index (χ1n) is 6.86. The van der Waals surface area contributed by atoms with Crippen molar-refractivity contribution < 1.29 is 9.53 Å². The third-order valence-corrected chi connectivity index (χ3v) is 3.88. The topological polar surface area (TPSA) is 64.3 Å². The maximum Gasteiger partial charge on any atom is 0.258 e. The van der Waals surface area contributed by atoms with E-state index < -0.39 is 0 Å². The van der Waals surface area contributed by atoms with Crippen LogP contribution in [-0.4, -0.2) is 24.6 Å². The van der Waals surface area contributed by atoms with Crippen LogP contribution in [0.3, 0.4) is 0 Å². The number of nitrogens with two attached hydrogens (primary N) is 1. The maximum absolute atomic E-state index is 12.0. The van der Waals surface area contributed by atoms with Gasteiger partial charge in [-0.25, -0.2) is 0 Å². The summed E-state index contributed by atoms with van der Waals surface area (Å²) in [7, 11) is 0. The molecule has 0 radical (unpaired) electrons. The summed E-state index contributed by atoms with van der Waals surface area (Å²) in [5, 5.41) is 3.62. The molecule has 0 aliphatic rings. The van der Waals surface area contributed by atoms with Crippen molar-refractivity contribution in [2.45, 2.75) is 39.2 Å². The number of hydrogen-bond donors (Lipinski definition) is 2. The number of ether oxygens (including phenoxy) is 1. The molecule has 0 aliphatic heterocycles. The summed E-state index contributed by atoms with van der Waals surface area (Å²) < 4.78 is 5.52. The molecule has 1 aromatic rings. The van der Waals surface area contributed by atoms with Gasteiger partial charge in [-0.3, -0.25) is 4.79 Å². The molecule has 0 saturated carbocycles. The van der Waals surface area contributed by atoms with Crippen LogP contribution in [0.5, 0.6) is 5.75 Å². The molecule has 0 aromatic heterocycles. The van der Waals surface area contributed by atoms with Gasteiger partial charge in [0.25, 0.3) is 5.91 Å². The van der Waals surface area contributed by atoms with E-state index in [9.17, 15) is 4.79 Å². The molecule has 0 aliphatic carbocycles. The van der Waals surface area contributed by atoms with Crippen molar-refractivity contribution in [1.29, 1.82) is 0 Å². The highest BCUT2D eigenvalue weighted by molar-refractivity contribution is 6.30. The highest BCUT2D eigenvalue weighted by atomic mass is 35.5. The minimum atomic E-state index is -0.338. The van der Waals surface area contributed by atoms with Crippen LogP contribution in [0.25, 0.3) is 0 Å². The number of carbonyl (C=O) groups is 1. The van der Waals surface area contributed by atoms with Crippen molar-refractivity contribution in [3.8, 4) is 5.75 Å². The van der Waals surface area contributed by atoms with Crippen LogP contribution in [0.15, 0.2) is 18.2 Å². The van der Waals surface area contributed by atoms with Gasteiger partial charge in [0.05, 0.1) is 5.54 Å². The Hall–Kier alpha value is -0.970. The largest absolute Gasteiger partial charge is 0.484 e. The van der Waals surface area contributed by atoms with Crippen molar-refractivity contribution in [1.82, 2.24) is 5.32 Å². The molecule has 0 atom stereocenters. The van der Waals surface area contributed by atoms with Crippen molar-refractivity contribution in [3.05, 3.63) is 28.8 Å². The molecule has 0 heterocycles. The first-order valence-corrected chi connectivity index (χ1v) is 7.24. The first kappa shape index (κ1) is 20.0. The van der Waals surface area contributed by atoms with Gasteiger partial charge >= 0.3 is 0 Å². The number of amides is 1. The number of rotatable bonds is 7. The van der Waals surface area contributed by atoms with Gasteiger partial charge in [0.1, 0.15) is 5.75 Å². The number of aryl methyl sites for hydroxylation is 1. The number of carbonyl (C=O) groups excluding carboxylic acids is 1. The maximum atomic E-state index is 12.0. The highest BCUT2D eigenvalue weighted by Gasteiger charge is 2.26. The average molecular weight is 335 g/mol. The fraction of sp³-hybridized carbons (Fsp3) is 0.533. The zero-order valence-electron chi connectivity index (χ0n) is 12.7. The van der Waals surface area contributed by atoms with Crippen LogP contribution in [0.4, 0.5) is 0 Å². The lowest BCUT2D eigenvalue weighted by Gasteiger charge is -2.31. The predicted molar refractivity (Wildman–Crippen MR) is 89.4 cm³/mol. The van der Waals surface area contributed by atoms with Crippen molar-refractivity contribution in [3.63, 3.8) is 0 Å². The SMILES string of the molecule is CCC(CC)(CN)NC(=O)COc1ccc(Cl)cc1C.Cl. The fourth-order valence-corrected chi connectivity index (χ4v) is 2.24. The molecule has 0 unspecified atom stereocenters. The van der Waals surface area contributed by atoms with E-state index in [1.54, 1.807) is 18.2 Å². The summed E-state index contributed by atoms with van der Waals surface area (Å²) in [5.41, 5.74) is 6.32. The fourth-order valence-electron chi connectivity index (χ4n) is 2.02. The standard InChI is InChI=1S/C15H23ClN2O2.ClH/c1-4-15(5-2,10-17)18-14(19)9-20-13-7-6-12(16)8-11(13)3;/h6-8H,4-5,9-10,17H2,1-3H3,(H,18,19);1H. The molecule has 0 bridgehead atoms. The molecule has 0 saturated heterocycles. The van der Waals surface area contributed by atoms with Crippen LogP contribution < -0.4 is 15.8 Å². The summed E-state index contributed by atoms with van der Waals surface area (Å²) in [5.74, 6) is 0.504. The van der Waals surface area contributed by atoms with Gasteiger partial charge in [0.2, 0.25) is 0 Å². The summed E-state index contributed by atoms with van der Waals surface area (Å²) in [6.07, 6.45) is 1.59. The molecule has 1 amide bonds. The van der Waals surface area contributed by atoms with E-state index in [1.165, 1.54) is 0 Å². The van der Waals surface area contributed by atoms with Crippen molar-refractivity contribution >= 4 is 29.9 Å². The van der Waals surface area contributed by atoms with E-state index in [0.29, 0.717) is 17.3 Å². The smallest absolute Gasteiger partial charge is 0.258 e. The lowest BCUT2D eigenvalue weighted by atomic mass is 9.93. The van der Waals surface area contributed by atoms with Crippen LogP contribution in [0.1, 0.15) is 32.3 Å². The third-order valence-electron chi connectivity index (χ3n) is 3.64. The summed E-state index contributed by atoms with van der Waals surface area (Å²) >= 11 is 5.87. The Morgan fingerprint density at radius 1 is 1.38 bits per heavy atom. The Bertz CT molecular complexity index is 455. The molecule has 3 N–H and O–H groups in total. The second-order valence-electron chi connectivity index (χ2n) is 4.94. The van der Waals surface area contributed by atoms with Crippen LogP contribution in [0.2, 0.25) is 5.02 Å². The van der Waals surface area contributed by atoms with E-state index in [2.05, 4.69) is 5.32 Å². The van der Waals surface area contributed by atoms with E-state index in [4.69, 9.17) is 22.1 Å². The molecule has 0 fully saturated rings. The molecule has 120 valence electrons. The van der Waals surface area contributed by atoms with E-state index in [-0.39, 0.29) is 30.5 Å². The van der Waals surface area contributed by atoms with Crippen LogP contribution in [-0.2, 0) is 4.79 Å². The molecule has 4 nitrogen and oxygen atoms in total. The second-order valence-corrected chi connectivity index (χ2v) is 5.37. The molecule has 1 rings (SSSR count). The van der Waals surface area contributed by atoms with Crippen LogP contribution in [0, 0.1) is 6.92 Å².